The zero-order chi connectivity index (χ0) is 17.3. The normalized spacial score (nSPS) is 29.4. The molecule has 2 unspecified atom stereocenters. The van der Waals surface area contributed by atoms with Crippen LogP contribution in [0, 0.1) is 0 Å². The maximum Gasteiger partial charge on any atom is 0.325 e. The molecule has 3 aliphatic rings. The van der Waals surface area contributed by atoms with Crippen molar-refractivity contribution in [1.29, 1.82) is 0 Å². The third-order valence-electron chi connectivity index (χ3n) is 5.80. The molecular weight excluding hydrogens is 310 g/mol. The van der Waals surface area contributed by atoms with Gasteiger partial charge in [-0.25, -0.2) is 4.79 Å². The molecule has 1 N–H and O–H groups in total. The highest BCUT2D eigenvalue weighted by atomic mass is 16.5. The van der Waals surface area contributed by atoms with Crippen molar-refractivity contribution >= 4 is 17.8 Å². The third kappa shape index (κ3) is 2.79. The van der Waals surface area contributed by atoms with Gasteiger partial charge in [0.2, 0.25) is 5.91 Å². The number of carbonyl (C=O) groups excluding carboxylic acids is 3. The zero-order valence-electron chi connectivity index (χ0n) is 14.5. The van der Waals surface area contributed by atoms with Crippen molar-refractivity contribution in [2.24, 2.45) is 0 Å². The predicted octanol–water partition coefficient (Wildman–Crippen LogP) is 1.27. The summed E-state index contributed by atoms with van der Waals surface area (Å²) in [6.07, 6.45) is 5.29. The Morgan fingerprint density at radius 3 is 2.62 bits per heavy atom. The van der Waals surface area contributed by atoms with E-state index in [4.69, 9.17) is 4.74 Å². The third-order valence-corrected chi connectivity index (χ3v) is 5.80. The topological polar surface area (TPSA) is 79.0 Å². The van der Waals surface area contributed by atoms with Crippen LogP contribution in [0.15, 0.2) is 0 Å². The van der Waals surface area contributed by atoms with Crippen LogP contribution in [-0.2, 0) is 14.3 Å². The van der Waals surface area contributed by atoms with Crippen molar-refractivity contribution in [2.45, 2.75) is 70.1 Å². The second-order valence-electron chi connectivity index (χ2n) is 6.96. The van der Waals surface area contributed by atoms with Gasteiger partial charge in [0.25, 0.3) is 5.91 Å². The molecule has 7 heteroatoms. The lowest BCUT2D eigenvalue weighted by atomic mass is 9.90. The highest BCUT2D eigenvalue weighted by Gasteiger charge is 2.50. The molecule has 1 aliphatic carbocycles. The van der Waals surface area contributed by atoms with Crippen molar-refractivity contribution in [1.82, 2.24) is 15.1 Å². The van der Waals surface area contributed by atoms with Gasteiger partial charge in [0, 0.05) is 6.54 Å². The van der Waals surface area contributed by atoms with Crippen LogP contribution in [0.3, 0.4) is 0 Å². The molecule has 0 bridgehead atoms. The van der Waals surface area contributed by atoms with E-state index in [1.54, 1.807) is 0 Å². The summed E-state index contributed by atoms with van der Waals surface area (Å²) in [4.78, 5) is 40.6. The fourth-order valence-electron chi connectivity index (χ4n) is 4.18. The van der Waals surface area contributed by atoms with Gasteiger partial charge in [0.15, 0.2) is 0 Å². The van der Waals surface area contributed by atoms with Crippen LogP contribution in [0.2, 0.25) is 0 Å². The average Bonchev–Trinajstić information content (AvgIpc) is 2.85. The fraction of sp³-hybridized carbons (Fsp3) is 0.824. The van der Waals surface area contributed by atoms with E-state index >= 15 is 0 Å². The Morgan fingerprint density at radius 2 is 1.96 bits per heavy atom. The molecule has 1 saturated carbocycles. The predicted molar refractivity (Wildman–Crippen MR) is 87.3 cm³/mol. The Bertz CT molecular complexity index is 530. The second-order valence-corrected chi connectivity index (χ2v) is 6.96. The molecule has 0 aromatic carbocycles. The maximum absolute atomic E-state index is 12.8. The quantitative estimate of drug-likeness (QED) is 0.784. The highest BCUT2D eigenvalue weighted by molar-refractivity contribution is 6.09. The molecule has 0 radical (unpaired) electrons. The SMILES string of the molecule is CCC1(CC)NC(=O)N(CC(=O)N2CCOC3CCCCC32)C1=O. The molecule has 0 spiro atoms. The van der Waals surface area contributed by atoms with Gasteiger partial charge in [-0.1, -0.05) is 26.7 Å². The first-order valence-electron chi connectivity index (χ1n) is 9.07. The second kappa shape index (κ2) is 6.70. The van der Waals surface area contributed by atoms with E-state index < -0.39 is 11.6 Å². The van der Waals surface area contributed by atoms with Crippen LogP contribution in [-0.4, -0.2) is 65.0 Å². The summed E-state index contributed by atoms with van der Waals surface area (Å²) in [5.41, 5.74) is -0.851. The van der Waals surface area contributed by atoms with Crippen LogP contribution in [0.5, 0.6) is 0 Å². The van der Waals surface area contributed by atoms with Crippen molar-refractivity contribution in [3.05, 3.63) is 0 Å². The van der Waals surface area contributed by atoms with Gasteiger partial charge in [-0.3, -0.25) is 14.5 Å². The minimum Gasteiger partial charge on any atom is -0.374 e. The number of nitrogens with one attached hydrogen (secondary N) is 1. The summed E-state index contributed by atoms with van der Waals surface area (Å²) < 4.78 is 5.79. The Labute approximate surface area is 142 Å². The first-order valence-corrected chi connectivity index (χ1v) is 9.07. The summed E-state index contributed by atoms with van der Waals surface area (Å²) in [6.45, 7) is 4.65. The maximum atomic E-state index is 12.8. The first kappa shape index (κ1) is 17.2. The van der Waals surface area contributed by atoms with E-state index in [0.717, 1.165) is 30.6 Å². The van der Waals surface area contributed by atoms with Gasteiger partial charge < -0.3 is 15.0 Å². The molecule has 0 aromatic heterocycles. The molecule has 2 saturated heterocycles. The van der Waals surface area contributed by atoms with Crippen molar-refractivity contribution in [3.8, 4) is 0 Å². The van der Waals surface area contributed by atoms with Gasteiger partial charge in [-0.15, -0.1) is 0 Å². The van der Waals surface area contributed by atoms with E-state index in [1.165, 1.54) is 0 Å². The molecule has 134 valence electrons. The highest BCUT2D eigenvalue weighted by Crippen LogP contribution is 2.29. The van der Waals surface area contributed by atoms with Crippen LogP contribution < -0.4 is 5.32 Å². The molecule has 3 fully saturated rings. The van der Waals surface area contributed by atoms with Crippen molar-refractivity contribution in [3.63, 3.8) is 0 Å². The lowest BCUT2D eigenvalue weighted by Gasteiger charge is -2.44. The van der Waals surface area contributed by atoms with E-state index in [1.807, 2.05) is 18.7 Å². The van der Waals surface area contributed by atoms with Gasteiger partial charge >= 0.3 is 6.03 Å². The summed E-state index contributed by atoms with van der Waals surface area (Å²) in [6, 6.07) is -0.367. The molecule has 2 aliphatic heterocycles. The van der Waals surface area contributed by atoms with Gasteiger partial charge in [0.05, 0.1) is 18.8 Å². The molecule has 0 aromatic rings. The summed E-state index contributed by atoms with van der Waals surface area (Å²) >= 11 is 0. The molecule has 2 heterocycles. The molecule has 7 nitrogen and oxygen atoms in total. The standard InChI is InChI=1S/C17H27N3O4/c1-3-17(4-2)15(22)20(16(23)18-17)11-14(21)19-9-10-24-13-8-6-5-7-12(13)19/h12-13H,3-11H2,1-2H3,(H,18,23). The van der Waals surface area contributed by atoms with E-state index in [9.17, 15) is 14.4 Å². The smallest absolute Gasteiger partial charge is 0.325 e. The summed E-state index contributed by atoms with van der Waals surface area (Å²) in [5, 5.41) is 2.77. The van der Waals surface area contributed by atoms with E-state index in [0.29, 0.717) is 26.0 Å². The number of carbonyl (C=O) groups is 3. The number of rotatable bonds is 4. The number of hydrogen-bond acceptors (Lipinski definition) is 4. The number of hydrogen-bond donors (Lipinski definition) is 1. The molecule has 3 rings (SSSR count). The van der Waals surface area contributed by atoms with Gasteiger partial charge in [0.1, 0.15) is 12.1 Å². The molecule has 4 amide bonds. The molecule has 2 atom stereocenters. The average molecular weight is 337 g/mol. The van der Waals surface area contributed by atoms with Crippen LogP contribution >= 0.6 is 0 Å². The van der Waals surface area contributed by atoms with Crippen LogP contribution in [0.1, 0.15) is 52.4 Å². The van der Waals surface area contributed by atoms with Crippen molar-refractivity contribution < 1.29 is 19.1 Å². The number of urea groups is 1. The Morgan fingerprint density at radius 1 is 1.25 bits per heavy atom. The lowest BCUT2D eigenvalue weighted by molar-refractivity contribution is -0.152. The lowest BCUT2D eigenvalue weighted by Crippen LogP contribution is -2.57. The van der Waals surface area contributed by atoms with Crippen molar-refractivity contribution in [2.75, 3.05) is 19.7 Å². The summed E-state index contributed by atoms with van der Waals surface area (Å²) in [7, 11) is 0. The fourth-order valence-corrected chi connectivity index (χ4v) is 4.18. The number of fused-ring (bicyclic) bond motifs is 1. The Kier molecular flexibility index (Phi) is 4.80. The number of nitrogens with zero attached hydrogens (tertiary/aromatic N) is 2. The van der Waals surface area contributed by atoms with E-state index in [2.05, 4.69) is 5.32 Å². The van der Waals surface area contributed by atoms with Crippen LogP contribution in [0.4, 0.5) is 4.79 Å². The first-order chi connectivity index (χ1) is 11.5. The monoisotopic (exact) mass is 337 g/mol. The number of imide groups is 1. The zero-order valence-corrected chi connectivity index (χ0v) is 14.5. The Balaban J connectivity index is 1.70. The number of morpholine rings is 1. The minimum absolute atomic E-state index is 0.0860. The number of amides is 4. The molecule has 24 heavy (non-hydrogen) atoms. The molecular formula is C17H27N3O4. The summed E-state index contributed by atoms with van der Waals surface area (Å²) in [5.74, 6) is -0.430. The van der Waals surface area contributed by atoms with Crippen LogP contribution in [0.25, 0.3) is 0 Å². The van der Waals surface area contributed by atoms with E-state index in [-0.39, 0.29) is 30.5 Å². The largest absolute Gasteiger partial charge is 0.374 e. The minimum atomic E-state index is -0.851. The Hall–Kier alpha value is -1.63. The number of ether oxygens (including phenoxy) is 1. The van der Waals surface area contributed by atoms with Gasteiger partial charge in [-0.05, 0) is 25.7 Å². The van der Waals surface area contributed by atoms with Gasteiger partial charge in [-0.2, -0.15) is 0 Å².